The second-order valence-corrected chi connectivity index (χ2v) is 5.63. The topological polar surface area (TPSA) is 0 Å². The third-order valence-electron chi connectivity index (χ3n) is 1.26. The van der Waals surface area contributed by atoms with E-state index in [1.807, 2.05) is 23.5 Å². The fraction of sp³-hybridized carbons (Fsp3) is 1.00. The number of hydrogen-bond donors (Lipinski definition) is 0. The van der Waals surface area contributed by atoms with E-state index in [1.54, 1.807) is 0 Å². The van der Waals surface area contributed by atoms with Crippen LogP contribution in [-0.4, -0.2) is 28.4 Å². The summed E-state index contributed by atoms with van der Waals surface area (Å²) in [5.74, 6) is 4.60. The Morgan fingerprint density at radius 1 is 1.36 bits per heavy atom. The zero-order valence-corrected chi connectivity index (χ0v) is 9.70. The molecule has 1 unspecified atom stereocenters. The summed E-state index contributed by atoms with van der Waals surface area (Å²) in [6.45, 7) is 4.39. The standard InChI is InChI=1S/C8H17ClS2/c1-3-10-5-4-6-11-8(2)7-9/h8H,3-7H2,1-2H3. The number of rotatable bonds is 7. The van der Waals surface area contributed by atoms with Gasteiger partial charge in [0.1, 0.15) is 0 Å². The Bertz CT molecular complexity index is 78.5. The molecule has 3 heteroatoms. The summed E-state index contributed by atoms with van der Waals surface area (Å²) in [5.41, 5.74) is 0. The highest BCUT2D eigenvalue weighted by molar-refractivity contribution is 8.00. The van der Waals surface area contributed by atoms with E-state index in [0.29, 0.717) is 5.25 Å². The van der Waals surface area contributed by atoms with Crippen molar-refractivity contribution in [1.82, 2.24) is 0 Å². The molecule has 11 heavy (non-hydrogen) atoms. The van der Waals surface area contributed by atoms with Crippen LogP contribution in [0.1, 0.15) is 20.3 Å². The Hall–Kier alpha value is 0.990. The van der Waals surface area contributed by atoms with E-state index in [4.69, 9.17) is 11.6 Å². The summed E-state index contributed by atoms with van der Waals surface area (Å²) in [5, 5.41) is 0.628. The quantitative estimate of drug-likeness (QED) is 0.468. The highest BCUT2D eigenvalue weighted by Crippen LogP contribution is 2.14. The molecule has 0 heterocycles. The van der Waals surface area contributed by atoms with Crippen LogP contribution in [0.4, 0.5) is 0 Å². The van der Waals surface area contributed by atoms with E-state index < -0.39 is 0 Å². The van der Waals surface area contributed by atoms with Gasteiger partial charge in [-0.1, -0.05) is 13.8 Å². The monoisotopic (exact) mass is 212 g/mol. The fourth-order valence-corrected chi connectivity index (χ4v) is 2.52. The lowest BCUT2D eigenvalue weighted by Crippen LogP contribution is -1.98. The molecule has 0 fully saturated rings. The van der Waals surface area contributed by atoms with Crippen molar-refractivity contribution >= 4 is 35.1 Å². The molecule has 0 radical (unpaired) electrons. The molecule has 0 amide bonds. The summed E-state index contributed by atoms with van der Waals surface area (Å²) in [4.78, 5) is 0. The summed E-state index contributed by atoms with van der Waals surface area (Å²) >= 11 is 9.67. The van der Waals surface area contributed by atoms with Crippen molar-refractivity contribution < 1.29 is 0 Å². The van der Waals surface area contributed by atoms with Crippen molar-refractivity contribution in [2.45, 2.75) is 25.5 Å². The van der Waals surface area contributed by atoms with Crippen LogP contribution in [0, 0.1) is 0 Å². The summed E-state index contributed by atoms with van der Waals surface area (Å²) in [7, 11) is 0. The molecule has 0 aliphatic carbocycles. The molecule has 0 aromatic rings. The summed E-state index contributed by atoms with van der Waals surface area (Å²) < 4.78 is 0. The van der Waals surface area contributed by atoms with E-state index in [2.05, 4.69) is 13.8 Å². The molecule has 0 aromatic heterocycles. The van der Waals surface area contributed by atoms with E-state index >= 15 is 0 Å². The van der Waals surface area contributed by atoms with Gasteiger partial charge in [-0.15, -0.1) is 11.6 Å². The van der Waals surface area contributed by atoms with Gasteiger partial charge in [-0.2, -0.15) is 23.5 Å². The number of hydrogen-bond acceptors (Lipinski definition) is 2. The van der Waals surface area contributed by atoms with Crippen LogP contribution in [0.5, 0.6) is 0 Å². The maximum atomic E-state index is 5.67. The molecule has 0 saturated heterocycles. The molecular weight excluding hydrogens is 196 g/mol. The molecule has 0 saturated carbocycles. The van der Waals surface area contributed by atoms with Crippen LogP contribution in [0.3, 0.4) is 0 Å². The van der Waals surface area contributed by atoms with E-state index in [1.165, 1.54) is 23.7 Å². The van der Waals surface area contributed by atoms with Gasteiger partial charge in [0.15, 0.2) is 0 Å². The zero-order chi connectivity index (χ0) is 8.53. The predicted octanol–water partition coefficient (Wildman–Crippen LogP) is 3.49. The van der Waals surface area contributed by atoms with Gasteiger partial charge in [-0.25, -0.2) is 0 Å². The van der Waals surface area contributed by atoms with Crippen molar-refractivity contribution in [3.8, 4) is 0 Å². The number of thioether (sulfide) groups is 2. The molecule has 0 rings (SSSR count). The molecule has 0 aromatic carbocycles. The zero-order valence-electron chi connectivity index (χ0n) is 7.31. The minimum absolute atomic E-state index is 0.628. The minimum Gasteiger partial charge on any atom is -0.162 e. The summed E-state index contributed by atoms with van der Waals surface area (Å²) in [6.07, 6.45) is 1.32. The lowest BCUT2D eigenvalue weighted by Gasteiger charge is -2.05. The minimum atomic E-state index is 0.628. The first-order chi connectivity index (χ1) is 5.31. The van der Waals surface area contributed by atoms with Crippen LogP contribution in [0.25, 0.3) is 0 Å². The largest absolute Gasteiger partial charge is 0.162 e. The summed E-state index contributed by atoms with van der Waals surface area (Å²) in [6, 6.07) is 0. The second-order valence-electron chi connectivity index (χ2n) is 2.39. The Balaban J connectivity index is 2.89. The van der Waals surface area contributed by atoms with Crippen molar-refractivity contribution in [3.63, 3.8) is 0 Å². The van der Waals surface area contributed by atoms with Crippen LogP contribution >= 0.6 is 35.1 Å². The Labute approximate surface area is 83.8 Å². The van der Waals surface area contributed by atoms with Gasteiger partial charge in [0.25, 0.3) is 0 Å². The van der Waals surface area contributed by atoms with Gasteiger partial charge >= 0.3 is 0 Å². The van der Waals surface area contributed by atoms with Gasteiger partial charge in [-0.3, -0.25) is 0 Å². The van der Waals surface area contributed by atoms with Crippen LogP contribution in [-0.2, 0) is 0 Å². The third kappa shape index (κ3) is 8.90. The molecule has 0 N–H and O–H groups in total. The molecular formula is C8H17ClS2. The SMILES string of the molecule is CCSCCCSC(C)CCl. The van der Waals surface area contributed by atoms with E-state index in [-0.39, 0.29) is 0 Å². The van der Waals surface area contributed by atoms with Crippen LogP contribution in [0.15, 0.2) is 0 Å². The molecule has 0 aliphatic heterocycles. The van der Waals surface area contributed by atoms with Gasteiger partial charge in [-0.05, 0) is 23.7 Å². The highest BCUT2D eigenvalue weighted by atomic mass is 35.5. The number of halogens is 1. The first-order valence-corrected chi connectivity index (χ1v) is 6.80. The van der Waals surface area contributed by atoms with Gasteiger partial charge in [0.05, 0.1) is 0 Å². The Morgan fingerprint density at radius 2 is 2.09 bits per heavy atom. The lowest BCUT2D eigenvalue weighted by molar-refractivity contribution is 1.08. The normalized spacial score (nSPS) is 13.4. The van der Waals surface area contributed by atoms with E-state index in [9.17, 15) is 0 Å². The van der Waals surface area contributed by atoms with Crippen molar-refractivity contribution in [2.75, 3.05) is 23.1 Å². The smallest absolute Gasteiger partial charge is 0.0339 e. The van der Waals surface area contributed by atoms with Crippen molar-refractivity contribution in [3.05, 3.63) is 0 Å². The average Bonchev–Trinajstić information content (AvgIpc) is 2.04. The number of alkyl halides is 1. The van der Waals surface area contributed by atoms with Gasteiger partial charge < -0.3 is 0 Å². The third-order valence-corrected chi connectivity index (χ3v) is 4.15. The van der Waals surface area contributed by atoms with Crippen LogP contribution < -0.4 is 0 Å². The van der Waals surface area contributed by atoms with E-state index in [0.717, 1.165) is 5.88 Å². The molecule has 1 atom stereocenters. The molecule has 0 bridgehead atoms. The van der Waals surface area contributed by atoms with Crippen molar-refractivity contribution in [1.29, 1.82) is 0 Å². The van der Waals surface area contributed by atoms with Crippen LogP contribution in [0.2, 0.25) is 0 Å². The van der Waals surface area contributed by atoms with Crippen molar-refractivity contribution in [2.24, 2.45) is 0 Å². The first-order valence-electron chi connectivity index (χ1n) is 4.06. The molecule has 68 valence electrons. The van der Waals surface area contributed by atoms with Gasteiger partial charge in [0, 0.05) is 11.1 Å². The lowest BCUT2D eigenvalue weighted by atomic mass is 10.6. The Morgan fingerprint density at radius 3 is 2.64 bits per heavy atom. The molecule has 0 spiro atoms. The van der Waals surface area contributed by atoms with Gasteiger partial charge in [0.2, 0.25) is 0 Å². The maximum absolute atomic E-state index is 5.67. The second kappa shape index (κ2) is 9.08. The highest BCUT2D eigenvalue weighted by Gasteiger charge is 1.98. The first kappa shape index (κ1) is 12.0. The average molecular weight is 213 g/mol. The predicted molar refractivity (Wildman–Crippen MR) is 60.3 cm³/mol. The fourth-order valence-electron chi connectivity index (χ4n) is 0.634. The maximum Gasteiger partial charge on any atom is 0.0339 e. The Kier molecular flexibility index (Phi) is 9.90. The molecule has 0 nitrogen and oxygen atoms in total. The molecule has 0 aliphatic rings.